The lowest BCUT2D eigenvalue weighted by Crippen LogP contribution is -1.94. The number of nitrogens with zero attached hydrogens (tertiary/aromatic N) is 1. The molecule has 5 nitrogen and oxygen atoms in total. The van der Waals surface area contributed by atoms with Gasteiger partial charge in [-0.1, -0.05) is 0 Å². The molecule has 0 bridgehead atoms. The van der Waals surface area contributed by atoms with Crippen molar-refractivity contribution in [2.24, 2.45) is 0 Å². The average Bonchev–Trinajstić information content (AvgIpc) is 2.01. The number of nitro groups is 1. The number of hydrogen-bond acceptors (Lipinski definition) is 4. The Hall–Kier alpha value is -0.660. The van der Waals surface area contributed by atoms with E-state index in [0.29, 0.717) is 0 Å². The maximum absolute atomic E-state index is 10.8. The Labute approximate surface area is 92.4 Å². The summed E-state index contributed by atoms with van der Waals surface area (Å²) in [5, 5.41) is 10.4. The summed E-state index contributed by atoms with van der Waals surface area (Å²) in [6, 6.07) is 3.23. The first kappa shape index (κ1) is 11.4. The molecule has 0 fully saturated rings. The summed E-state index contributed by atoms with van der Waals surface area (Å²) in [4.78, 5) is 9.56. The highest BCUT2D eigenvalue weighted by atomic mass is 79.9. The van der Waals surface area contributed by atoms with E-state index in [-0.39, 0.29) is 15.1 Å². The zero-order valence-corrected chi connectivity index (χ0v) is 9.63. The molecule has 0 aliphatic carbocycles. The highest BCUT2D eigenvalue weighted by molar-refractivity contribution is 9.10. The van der Waals surface area contributed by atoms with Gasteiger partial charge >= 0.3 is 0 Å². The molecule has 0 aliphatic rings. The van der Waals surface area contributed by atoms with Crippen LogP contribution in [-0.2, 0) is 9.05 Å². The second kappa shape index (κ2) is 3.84. The zero-order valence-electron chi connectivity index (χ0n) is 6.48. The summed E-state index contributed by atoms with van der Waals surface area (Å²) < 4.78 is 21.8. The van der Waals surface area contributed by atoms with Gasteiger partial charge in [-0.2, -0.15) is 0 Å². The number of halogens is 2. The molecular formula is C6H3BrClNO4S. The molecule has 0 amide bonds. The Morgan fingerprint density at radius 1 is 1.43 bits per heavy atom. The van der Waals surface area contributed by atoms with Crippen molar-refractivity contribution in [3.8, 4) is 0 Å². The quantitative estimate of drug-likeness (QED) is 0.477. The van der Waals surface area contributed by atoms with Gasteiger partial charge in [0.1, 0.15) is 0 Å². The first-order valence-electron chi connectivity index (χ1n) is 3.21. The molecule has 0 radical (unpaired) electrons. The van der Waals surface area contributed by atoms with E-state index in [4.69, 9.17) is 10.7 Å². The van der Waals surface area contributed by atoms with Gasteiger partial charge in [-0.3, -0.25) is 10.1 Å². The summed E-state index contributed by atoms with van der Waals surface area (Å²) in [6.07, 6.45) is 0. The largest absolute Gasteiger partial charge is 0.283 e. The van der Waals surface area contributed by atoms with Crippen molar-refractivity contribution < 1.29 is 13.3 Å². The number of nitro benzene ring substituents is 1. The van der Waals surface area contributed by atoms with E-state index < -0.39 is 14.0 Å². The molecule has 0 unspecified atom stereocenters. The molecule has 0 aromatic heterocycles. The standard InChI is InChI=1S/C6H3BrClNO4S/c7-5-3-4(14(8,12)13)1-2-6(5)9(10)11/h1-3H. The Kier molecular flexibility index (Phi) is 3.13. The Morgan fingerprint density at radius 3 is 2.36 bits per heavy atom. The normalized spacial score (nSPS) is 11.3. The van der Waals surface area contributed by atoms with Gasteiger partial charge in [0.25, 0.3) is 14.7 Å². The highest BCUT2D eigenvalue weighted by Crippen LogP contribution is 2.28. The molecule has 1 aromatic carbocycles. The maximum Gasteiger partial charge on any atom is 0.283 e. The van der Waals surface area contributed by atoms with Crippen LogP contribution in [-0.4, -0.2) is 13.3 Å². The van der Waals surface area contributed by atoms with Crippen molar-refractivity contribution in [3.63, 3.8) is 0 Å². The van der Waals surface area contributed by atoms with Gasteiger partial charge in [0.2, 0.25) is 0 Å². The molecule has 0 heterocycles. The fourth-order valence-corrected chi connectivity index (χ4v) is 2.24. The Balaban J connectivity index is 3.34. The van der Waals surface area contributed by atoms with Crippen LogP contribution in [0.4, 0.5) is 5.69 Å². The van der Waals surface area contributed by atoms with Crippen LogP contribution in [0.15, 0.2) is 27.6 Å². The van der Waals surface area contributed by atoms with Gasteiger partial charge in [-0.05, 0) is 28.1 Å². The summed E-state index contributed by atoms with van der Waals surface area (Å²) in [5.41, 5.74) is -0.214. The first-order chi connectivity index (χ1) is 6.32. The van der Waals surface area contributed by atoms with E-state index in [0.717, 1.165) is 18.2 Å². The van der Waals surface area contributed by atoms with E-state index >= 15 is 0 Å². The van der Waals surface area contributed by atoms with Crippen LogP contribution < -0.4 is 0 Å². The molecular weight excluding hydrogens is 297 g/mol. The van der Waals surface area contributed by atoms with Crippen molar-refractivity contribution >= 4 is 41.4 Å². The zero-order chi connectivity index (χ0) is 10.9. The molecule has 0 spiro atoms. The van der Waals surface area contributed by atoms with Crippen LogP contribution in [0.1, 0.15) is 0 Å². The summed E-state index contributed by atoms with van der Waals surface area (Å²) in [6.45, 7) is 0. The van der Waals surface area contributed by atoms with Gasteiger partial charge in [-0.15, -0.1) is 0 Å². The molecule has 76 valence electrons. The lowest BCUT2D eigenvalue weighted by Gasteiger charge is -1.97. The second-order valence-electron chi connectivity index (χ2n) is 2.31. The predicted octanol–water partition coefficient (Wildman–Crippen LogP) is 2.28. The van der Waals surface area contributed by atoms with Crippen molar-refractivity contribution in [1.29, 1.82) is 0 Å². The van der Waals surface area contributed by atoms with Crippen molar-refractivity contribution in [3.05, 3.63) is 32.8 Å². The van der Waals surface area contributed by atoms with Gasteiger partial charge in [0.05, 0.1) is 14.3 Å². The monoisotopic (exact) mass is 299 g/mol. The van der Waals surface area contributed by atoms with Crippen LogP contribution in [0, 0.1) is 10.1 Å². The summed E-state index contributed by atoms with van der Waals surface area (Å²) >= 11 is 2.88. The maximum atomic E-state index is 10.8. The average molecular weight is 301 g/mol. The predicted molar refractivity (Wildman–Crippen MR) is 53.8 cm³/mol. The molecule has 14 heavy (non-hydrogen) atoms. The summed E-state index contributed by atoms with van der Waals surface area (Å²) in [5.74, 6) is 0. The number of benzene rings is 1. The number of rotatable bonds is 2. The topological polar surface area (TPSA) is 77.3 Å². The molecule has 0 atom stereocenters. The lowest BCUT2D eigenvalue weighted by molar-refractivity contribution is -0.385. The van der Waals surface area contributed by atoms with E-state index in [2.05, 4.69) is 15.9 Å². The van der Waals surface area contributed by atoms with E-state index in [9.17, 15) is 18.5 Å². The molecule has 0 N–H and O–H groups in total. The van der Waals surface area contributed by atoms with E-state index in [1.54, 1.807) is 0 Å². The minimum atomic E-state index is -3.85. The van der Waals surface area contributed by atoms with Gasteiger partial charge < -0.3 is 0 Å². The minimum absolute atomic E-state index is 0.0734. The van der Waals surface area contributed by atoms with Crippen LogP contribution in [0.25, 0.3) is 0 Å². The Bertz CT molecular complexity index is 487. The lowest BCUT2D eigenvalue weighted by atomic mass is 10.3. The van der Waals surface area contributed by atoms with Crippen LogP contribution in [0.3, 0.4) is 0 Å². The Morgan fingerprint density at radius 2 is 2.00 bits per heavy atom. The van der Waals surface area contributed by atoms with Crippen LogP contribution >= 0.6 is 26.6 Å². The molecule has 0 saturated heterocycles. The van der Waals surface area contributed by atoms with Gasteiger partial charge in [-0.25, -0.2) is 8.42 Å². The van der Waals surface area contributed by atoms with Crippen molar-refractivity contribution in [1.82, 2.24) is 0 Å². The fraction of sp³-hybridized carbons (Fsp3) is 0. The first-order valence-corrected chi connectivity index (χ1v) is 6.31. The third-order valence-electron chi connectivity index (χ3n) is 1.40. The third-order valence-corrected chi connectivity index (χ3v) is 3.38. The van der Waals surface area contributed by atoms with E-state index in [1.165, 1.54) is 0 Å². The van der Waals surface area contributed by atoms with Crippen LogP contribution in [0.2, 0.25) is 0 Å². The van der Waals surface area contributed by atoms with Crippen LogP contribution in [0.5, 0.6) is 0 Å². The summed E-state index contributed by atoms with van der Waals surface area (Å²) in [7, 11) is 1.20. The molecule has 1 aromatic rings. The number of hydrogen-bond donors (Lipinski definition) is 0. The van der Waals surface area contributed by atoms with E-state index in [1.807, 2.05) is 0 Å². The molecule has 1 rings (SSSR count). The van der Waals surface area contributed by atoms with Gasteiger partial charge in [0, 0.05) is 16.7 Å². The third kappa shape index (κ3) is 2.43. The molecule has 0 aliphatic heterocycles. The van der Waals surface area contributed by atoms with Crippen molar-refractivity contribution in [2.75, 3.05) is 0 Å². The smallest absolute Gasteiger partial charge is 0.258 e. The molecule has 8 heteroatoms. The van der Waals surface area contributed by atoms with Gasteiger partial charge in [0.15, 0.2) is 0 Å². The second-order valence-corrected chi connectivity index (χ2v) is 5.73. The fourth-order valence-electron chi connectivity index (χ4n) is 0.787. The molecule has 0 saturated carbocycles. The minimum Gasteiger partial charge on any atom is -0.258 e. The van der Waals surface area contributed by atoms with Crippen molar-refractivity contribution in [2.45, 2.75) is 4.90 Å². The SMILES string of the molecule is O=[N+]([O-])c1ccc(S(=O)(=O)Cl)cc1Br. The highest BCUT2D eigenvalue weighted by Gasteiger charge is 2.16.